The summed E-state index contributed by atoms with van der Waals surface area (Å²) in [6.45, 7) is 17.3. The van der Waals surface area contributed by atoms with E-state index >= 15 is 0 Å². The van der Waals surface area contributed by atoms with Crippen molar-refractivity contribution in [3.63, 3.8) is 0 Å². The summed E-state index contributed by atoms with van der Waals surface area (Å²) in [7, 11) is 0. The van der Waals surface area contributed by atoms with Crippen molar-refractivity contribution >= 4 is 46.3 Å². The standard InChI is InChI=1S/C34H45ClN2O5S/c1-32(2,3)42-31(40)36-17-9-10-24(36)21-41-25-15-16-27-26(18-25)29(43-33(4,5)6)28(19-34(7,8)30(38)39)37(27)20-22-11-13-23(35)14-12-22/h11-16,18,24H,9-10,17,19-21H2,1-8H3,(H,38,39). The van der Waals surface area contributed by atoms with Gasteiger partial charge in [0, 0.05) is 50.8 Å². The molecule has 1 aromatic heterocycles. The number of hydrogen-bond donors (Lipinski definition) is 1. The van der Waals surface area contributed by atoms with Crippen molar-refractivity contribution in [1.29, 1.82) is 0 Å². The van der Waals surface area contributed by atoms with Crippen molar-refractivity contribution in [2.45, 2.75) is 102 Å². The maximum absolute atomic E-state index is 12.8. The average molecular weight is 629 g/mol. The lowest BCUT2D eigenvalue weighted by atomic mass is 9.88. The average Bonchev–Trinajstić information content (AvgIpc) is 3.46. The molecule has 4 rings (SSSR count). The van der Waals surface area contributed by atoms with E-state index in [2.05, 4.69) is 37.5 Å². The summed E-state index contributed by atoms with van der Waals surface area (Å²) in [6, 6.07) is 13.8. The third-order valence-corrected chi connectivity index (χ3v) is 8.91. The molecule has 2 aromatic carbocycles. The van der Waals surface area contributed by atoms with E-state index in [1.807, 2.05) is 51.1 Å². The molecular weight excluding hydrogens is 584 g/mol. The Balaban J connectivity index is 1.73. The van der Waals surface area contributed by atoms with Gasteiger partial charge in [0.05, 0.1) is 11.5 Å². The van der Waals surface area contributed by atoms with Crippen LogP contribution >= 0.6 is 23.4 Å². The fourth-order valence-electron chi connectivity index (χ4n) is 5.25. The van der Waals surface area contributed by atoms with E-state index in [1.54, 1.807) is 30.5 Å². The molecule has 1 aliphatic rings. The highest BCUT2D eigenvalue weighted by Gasteiger charge is 2.34. The van der Waals surface area contributed by atoms with E-state index in [0.717, 1.165) is 39.9 Å². The molecular formula is C34H45ClN2O5S. The minimum atomic E-state index is -0.966. The number of likely N-dealkylation sites (tertiary alicyclic amines) is 1. The molecule has 1 aliphatic heterocycles. The van der Waals surface area contributed by atoms with Crippen molar-refractivity contribution in [2.24, 2.45) is 5.41 Å². The molecule has 3 aromatic rings. The molecule has 0 radical (unpaired) electrons. The molecule has 1 saturated heterocycles. The molecule has 1 N–H and O–H groups in total. The summed E-state index contributed by atoms with van der Waals surface area (Å²) in [5.74, 6) is -0.121. The van der Waals surface area contributed by atoms with E-state index in [4.69, 9.17) is 21.1 Å². The fraction of sp³-hybridized carbons (Fsp3) is 0.529. The molecule has 1 fully saturated rings. The van der Waals surface area contributed by atoms with Crippen molar-refractivity contribution < 1.29 is 24.2 Å². The number of thioether (sulfide) groups is 1. The molecule has 0 spiro atoms. The molecule has 7 nitrogen and oxygen atoms in total. The molecule has 1 atom stereocenters. The summed E-state index contributed by atoms with van der Waals surface area (Å²) < 4.78 is 14.1. The van der Waals surface area contributed by atoms with Gasteiger partial charge in [-0.25, -0.2) is 4.79 Å². The number of benzene rings is 2. The molecule has 0 bridgehead atoms. The van der Waals surface area contributed by atoms with Crippen LogP contribution in [0.1, 0.15) is 79.5 Å². The normalized spacial score (nSPS) is 16.1. The number of hydrogen-bond acceptors (Lipinski definition) is 5. The maximum atomic E-state index is 12.8. The van der Waals surface area contributed by atoms with Gasteiger partial charge in [-0.2, -0.15) is 0 Å². The first-order valence-corrected chi connectivity index (χ1v) is 16.1. The quantitative estimate of drug-likeness (QED) is 0.239. The Morgan fingerprint density at radius 2 is 1.70 bits per heavy atom. The summed E-state index contributed by atoms with van der Waals surface area (Å²) >= 11 is 7.92. The van der Waals surface area contributed by atoms with Gasteiger partial charge in [-0.15, -0.1) is 11.8 Å². The predicted molar refractivity (Wildman–Crippen MR) is 175 cm³/mol. The number of carbonyl (C=O) groups excluding carboxylic acids is 1. The van der Waals surface area contributed by atoms with Gasteiger partial charge in [-0.1, -0.05) is 44.5 Å². The third kappa shape index (κ3) is 8.42. The number of aliphatic carboxylic acids is 1. The number of ether oxygens (including phenoxy) is 2. The lowest BCUT2D eigenvalue weighted by Crippen LogP contribution is -2.42. The second kappa shape index (κ2) is 12.6. The van der Waals surface area contributed by atoms with Crippen LogP contribution in [0.15, 0.2) is 47.4 Å². The van der Waals surface area contributed by atoms with Crippen LogP contribution < -0.4 is 4.74 Å². The van der Waals surface area contributed by atoms with E-state index in [-0.39, 0.29) is 16.9 Å². The summed E-state index contributed by atoms with van der Waals surface area (Å²) in [4.78, 5) is 27.9. The summed E-state index contributed by atoms with van der Waals surface area (Å²) in [6.07, 6.45) is 1.84. The number of carbonyl (C=O) groups is 2. The Hall–Kier alpha value is -2.84. The highest BCUT2D eigenvalue weighted by Crippen LogP contribution is 2.44. The highest BCUT2D eigenvalue weighted by atomic mass is 35.5. The smallest absolute Gasteiger partial charge is 0.410 e. The Morgan fingerprint density at radius 3 is 2.30 bits per heavy atom. The lowest BCUT2D eigenvalue weighted by molar-refractivity contribution is -0.146. The number of halogens is 1. The zero-order valence-electron chi connectivity index (χ0n) is 26.6. The highest BCUT2D eigenvalue weighted by molar-refractivity contribution is 8.00. The van der Waals surface area contributed by atoms with Crippen molar-refractivity contribution in [3.8, 4) is 5.75 Å². The summed E-state index contributed by atoms with van der Waals surface area (Å²) in [5.41, 5.74) is 1.56. The molecule has 9 heteroatoms. The van der Waals surface area contributed by atoms with Crippen LogP contribution in [0, 0.1) is 5.41 Å². The second-order valence-corrected chi connectivity index (χ2v) is 16.3. The van der Waals surface area contributed by atoms with Crippen LogP contribution in [0.4, 0.5) is 4.79 Å². The van der Waals surface area contributed by atoms with Gasteiger partial charge in [0.2, 0.25) is 0 Å². The number of carboxylic acid groups (broad SMARTS) is 1. The number of nitrogens with zero attached hydrogens (tertiary/aromatic N) is 2. The van der Waals surface area contributed by atoms with Crippen LogP contribution in [0.2, 0.25) is 5.02 Å². The van der Waals surface area contributed by atoms with Crippen LogP contribution in [-0.4, -0.2) is 56.2 Å². The van der Waals surface area contributed by atoms with Crippen molar-refractivity contribution in [1.82, 2.24) is 9.47 Å². The van der Waals surface area contributed by atoms with Gasteiger partial charge in [-0.05, 0) is 83.4 Å². The van der Waals surface area contributed by atoms with Crippen molar-refractivity contribution in [2.75, 3.05) is 13.2 Å². The van der Waals surface area contributed by atoms with E-state index < -0.39 is 17.0 Å². The van der Waals surface area contributed by atoms with Gasteiger partial charge in [0.1, 0.15) is 18.0 Å². The Bertz CT molecular complexity index is 1470. The van der Waals surface area contributed by atoms with E-state index in [1.165, 1.54) is 0 Å². The zero-order valence-corrected chi connectivity index (χ0v) is 28.2. The number of fused-ring (bicyclic) bond motifs is 1. The maximum Gasteiger partial charge on any atom is 0.410 e. The Morgan fingerprint density at radius 1 is 1.02 bits per heavy atom. The molecule has 1 amide bonds. The molecule has 0 aliphatic carbocycles. The van der Waals surface area contributed by atoms with Crippen molar-refractivity contribution in [3.05, 3.63) is 58.7 Å². The third-order valence-electron chi connectivity index (χ3n) is 7.39. The summed E-state index contributed by atoms with van der Waals surface area (Å²) in [5, 5.41) is 11.8. The lowest BCUT2D eigenvalue weighted by Gasteiger charge is -2.28. The van der Waals surface area contributed by atoms with Crippen LogP contribution in [-0.2, 0) is 22.5 Å². The first kappa shape index (κ1) is 33.1. The number of carboxylic acids is 1. The second-order valence-electron chi connectivity index (χ2n) is 14.0. The predicted octanol–water partition coefficient (Wildman–Crippen LogP) is 8.67. The van der Waals surface area contributed by atoms with Gasteiger partial charge >= 0.3 is 12.1 Å². The monoisotopic (exact) mass is 628 g/mol. The Kier molecular flexibility index (Phi) is 9.72. The van der Waals surface area contributed by atoms with Crippen LogP contribution in [0.5, 0.6) is 5.75 Å². The first-order valence-electron chi connectivity index (χ1n) is 14.9. The molecule has 2 heterocycles. The number of aromatic nitrogens is 1. The Labute approximate surface area is 264 Å². The minimum Gasteiger partial charge on any atom is -0.491 e. The van der Waals surface area contributed by atoms with E-state index in [9.17, 15) is 14.7 Å². The molecule has 0 saturated carbocycles. The molecule has 43 heavy (non-hydrogen) atoms. The first-order chi connectivity index (χ1) is 19.9. The topological polar surface area (TPSA) is 81.0 Å². The van der Waals surface area contributed by atoms with Crippen LogP contribution in [0.3, 0.4) is 0 Å². The van der Waals surface area contributed by atoms with E-state index in [0.29, 0.717) is 36.9 Å². The van der Waals surface area contributed by atoms with Gasteiger partial charge in [-0.3, -0.25) is 4.79 Å². The van der Waals surface area contributed by atoms with Gasteiger partial charge < -0.3 is 24.0 Å². The molecule has 234 valence electrons. The largest absolute Gasteiger partial charge is 0.491 e. The fourth-order valence-corrected chi connectivity index (χ4v) is 6.56. The minimum absolute atomic E-state index is 0.0598. The number of amides is 1. The molecule has 1 unspecified atom stereocenters. The number of rotatable bonds is 9. The van der Waals surface area contributed by atoms with Crippen LogP contribution in [0.25, 0.3) is 10.9 Å². The zero-order chi connectivity index (χ0) is 31.7. The van der Waals surface area contributed by atoms with Gasteiger partial charge in [0.15, 0.2) is 0 Å². The SMILES string of the molecule is CC(C)(C)OC(=O)N1CCCC1COc1ccc2c(c1)c(SC(C)(C)C)c(CC(C)(C)C(=O)O)n2Cc1ccc(Cl)cc1. The van der Waals surface area contributed by atoms with Gasteiger partial charge in [0.25, 0.3) is 0 Å².